The average Bonchev–Trinajstić information content (AvgIpc) is 1.97. The Morgan fingerprint density at radius 1 is 1.54 bits per heavy atom. The minimum atomic E-state index is -0.833. The first-order valence-corrected chi connectivity index (χ1v) is 4.16. The van der Waals surface area contributed by atoms with Crippen molar-refractivity contribution in [1.82, 2.24) is 0 Å². The molecule has 0 aromatic heterocycles. The van der Waals surface area contributed by atoms with Crippen molar-refractivity contribution >= 4 is 5.97 Å². The highest BCUT2D eigenvalue weighted by atomic mass is 17.2. The van der Waals surface area contributed by atoms with Crippen molar-refractivity contribution in [1.29, 1.82) is 0 Å². The molecule has 0 amide bonds. The van der Waals surface area contributed by atoms with Crippen LogP contribution < -0.4 is 0 Å². The fraction of sp³-hybridized carbons (Fsp3) is 0.875. The summed E-state index contributed by atoms with van der Waals surface area (Å²) in [4.78, 5) is 18.0. The summed E-state index contributed by atoms with van der Waals surface area (Å²) in [7, 11) is 0. The molecular weight excluding hydrogens is 176 g/mol. The van der Waals surface area contributed by atoms with Crippen LogP contribution in [0.4, 0.5) is 0 Å². The molecule has 0 bridgehead atoms. The van der Waals surface area contributed by atoms with Crippen LogP contribution in [0.15, 0.2) is 0 Å². The van der Waals surface area contributed by atoms with Gasteiger partial charge >= 0.3 is 0 Å². The summed E-state index contributed by atoms with van der Waals surface area (Å²) >= 11 is 0. The average molecular weight is 194 g/mol. The Morgan fingerprint density at radius 3 is 2.31 bits per heavy atom. The summed E-state index contributed by atoms with van der Waals surface area (Å²) in [6, 6.07) is 0. The van der Waals surface area contributed by atoms with Gasteiger partial charge in [0.25, 0.3) is 5.97 Å². The highest BCUT2D eigenvalue weighted by Crippen LogP contribution is 1.90. The van der Waals surface area contributed by atoms with E-state index in [-0.39, 0.29) is 0 Å². The Balaban J connectivity index is 0. The Morgan fingerprint density at radius 2 is 2.00 bits per heavy atom. The maximum Gasteiger partial charge on any atom is 0.300 e. The molecule has 1 atom stereocenters. The van der Waals surface area contributed by atoms with Gasteiger partial charge in [0.1, 0.15) is 0 Å². The minimum Gasteiger partial charge on any atom is -0.481 e. The molecule has 5 heteroatoms. The van der Waals surface area contributed by atoms with Crippen molar-refractivity contribution < 1.29 is 24.8 Å². The molecule has 0 aliphatic carbocycles. The fourth-order valence-corrected chi connectivity index (χ4v) is 0.350. The third kappa shape index (κ3) is 34.7. The second kappa shape index (κ2) is 11.4. The first-order valence-electron chi connectivity index (χ1n) is 4.16. The number of carboxylic acids is 1. The maximum absolute atomic E-state index is 9.00. The van der Waals surface area contributed by atoms with Gasteiger partial charge < -0.3 is 10.2 Å². The second-order valence-electron chi connectivity index (χ2n) is 2.39. The monoisotopic (exact) mass is 194 g/mol. The summed E-state index contributed by atoms with van der Waals surface area (Å²) < 4.78 is 0. The van der Waals surface area contributed by atoms with E-state index >= 15 is 0 Å². The number of hydrogen-bond donors (Lipinski definition) is 2. The number of aliphatic hydroxyl groups excluding tert-OH is 1. The molecule has 0 aromatic carbocycles. The van der Waals surface area contributed by atoms with Crippen LogP contribution in [0.5, 0.6) is 0 Å². The van der Waals surface area contributed by atoms with Gasteiger partial charge in [-0.3, -0.25) is 4.79 Å². The maximum atomic E-state index is 9.00. The normalized spacial score (nSPS) is 11.4. The molecule has 0 radical (unpaired) electrons. The van der Waals surface area contributed by atoms with Crippen molar-refractivity contribution in [3.63, 3.8) is 0 Å². The van der Waals surface area contributed by atoms with Crippen LogP contribution in [-0.2, 0) is 14.6 Å². The summed E-state index contributed by atoms with van der Waals surface area (Å²) in [5.41, 5.74) is 0. The van der Waals surface area contributed by atoms with Crippen molar-refractivity contribution in [3.05, 3.63) is 0 Å². The molecule has 0 saturated heterocycles. The lowest BCUT2D eigenvalue weighted by Gasteiger charge is -2.03. The van der Waals surface area contributed by atoms with E-state index in [0.29, 0.717) is 6.61 Å². The number of carbonyl (C=O) groups is 1. The van der Waals surface area contributed by atoms with Crippen LogP contribution in [0.2, 0.25) is 0 Å². The van der Waals surface area contributed by atoms with E-state index in [1.807, 2.05) is 0 Å². The zero-order valence-electron chi connectivity index (χ0n) is 8.32. The summed E-state index contributed by atoms with van der Waals surface area (Å²) in [5.74, 6) is -0.833. The quantitative estimate of drug-likeness (QED) is 0.297. The molecule has 0 saturated carbocycles. The Bertz CT molecular complexity index is 109. The largest absolute Gasteiger partial charge is 0.481 e. The molecule has 2 N–H and O–H groups in total. The molecule has 0 aromatic rings. The van der Waals surface area contributed by atoms with Crippen molar-refractivity contribution in [2.45, 2.75) is 39.9 Å². The Kier molecular flexibility index (Phi) is 13.0. The van der Waals surface area contributed by atoms with E-state index in [1.165, 1.54) is 6.92 Å². The smallest absolute Gasteiger partial charge is 0.300 e. The molecular formula is C8H18O5. The standard InChI is InChI=1S/C6H14O3.C2H4O2/c1-3-4-5-8-9-6(2)7;1-2(3)4/h6-7H,3-5H2,1-2H3;1H3,(H,3,4). The van der Waals surface area contributed by atoms with Crippen LogP contribution in [-0.4, -0.2) is 29.1 Å². The molecule has 0 rings (SSSR count). The zero-order valence-corrected chi connectivity index (χ0v) is 8.32. The number of hydrogen-bond acceptors (Lipinski definition) is 4. The van der Waals surface area contributed by atoms with Crippen LogP contribution in [0.25, 0.3) is 0 Å². The lowest BCUT2D eigenvalue weighted by atomic mass is 10.4. The van der Waals surface area contributed by atoms with Gasteiger partial charge in [-0.1, -0.05) is 13.3 Å². The summed E-state index contributed by atoms with van der Waals surface area (Å²) in [6.07, 6.45) is 1.22. The van der Waals surface area contributed by atoms with E-state index in [9.17, 15) is 0 Å². The fourth-order valence-electron chi connectivity index (χ4n) is 0.350. The van der Waals surface area contributed by atoms with Crippen LogP contribution >= 0.6 is 0 Å². The highest BCUT2D eigenvalue weighted by molar-refractivity contribution is 5.62. The molecule has 0 spiro atoms. The first kappa shape index (κ1) is 14.9. The van der Waals surface area contributed by atoms with Gasteiger partial charge in [-0.25, -0.2) is 9.78 Å². The van der Waals surface area contributed by atoms with Crippen molar-refractivity contribution in [3.8, 4) is 0 Å². The Labute approximate surface area is 78.2 Å². The minimum absolute atomic E-state index is 0.557. The van der Waals surface area contributed by atoms with Gasteiger partial charge in [0.2, 0.25) is 0 Å². The molecule has 0 heterocycles. The van der Waals surface area contributed by atoms with E-state index in [0.717, 1.165) is 19.8 Å². The van der Waals surface area contributed by atoms with Gasteiger partial charge in [-0.15, -0.1) is 0 Å². The number of rotatable bonds is 5. The predicted molar refractivity (Wildman–Crippen MR) is 46.9 cm³/mol. The lowest BCUT2D eigenvalue weighted by molar-refractivity contribution is -0.364. The topological polar surface area (TPSA) is 76.0 Å². The van der Waals surface area contributed by atoms with E-state index in [4.69, 9.17) is 15.0 Å². The molecule has 1 unspecified atom stereocenters. The predicted octanol–water partition coefficient (Wildman–Crippen LogP) is 1.16. The van der Waals surface area contributed by atoms with Gasteiger partial charge in [0, 0.05) is 6.92 Å². The molecule has 0 aliphatic rings. The molecule has 80 valence electrons. The SMILES string of the molecule is CC(=O)O.CCCCOOC(C)O. The third-order valence-electron chi connectivity index (χ3n) is 0.789. The van der Waals surface area contributed by atoms with Crippen LogP contribution in [0.3, 0.4) is 0 Å². The molecule has 13 heavy (non-hydrogen) atoms. The summed E-state index contributed by atoms with van der Waals surface area (Å²) in [6.45, 7) is 5.21. The van der Waals surface area contributed by atoms with Gasteiger partial charge in [-0.05, 0) is 13.3 Å². The van der Waals surface area contributed by atoms with Crippen molar-refractivity contribution in [2.75, 3.05) is 6.61 Å². The van der Waals surface area contributed by atoms with Gasteiger partial charge in [0.15, 0.2) is 6.29 Å². The van der Waals surface area contributed by atoms with Gasteiger partial charge in [0.05, 0.1) is 6.61 Å². The van der Waals surface area contributed by atoms with E-state index in [2.05, 4.69) is 16.7 Å². The third-order valence-corrected chi connectivity index (χ3v) is 0.789. The number of aliphatic hydroxyl groups is 1. The van der Waals surface area contributed by atoms with Crippen LogP contribution in [0, 0.1) is 0 Å². The molecule has 0 fully saturated rings. The van der Waals surface area contributed by atoms with E-state index in [1.54, 1.807) is 0 Å². The Hall–Kier alpha value is -0.650. The van der Waals surface area contributed by atoms with Crippen molar-refractivity contribution in [2.24, 2.45) is 0 Å². The number of aliphatic carboxylic acids is 1. The first-order chi connectivity index (χ1) is 6.00. The zero-order chi connectivity index (χ0) is 10.7. The highest BCUT2D eigenvalue weighted by Gasteiger charge is 1.92. The number of unbranched alkanes of at least 4 members (excludes halogenated alkanes) is 1. The lowest BCUT2D eigenvalue weighted by Crippen LogP contribution is -2.07. The van der Waals surface area contributed by atoms with Gasteiger partial charge in [-0.2, -0.15) is 0 Å². The van der Waals surface area contributed by atoms with Crippen LogP contribution in [0.1, 0.15) is 33.6 Å². The molecule has 0 aliphatic heterocycles. The summed E-state index contributed by atoms with van der Waals surface area (Å²) in [5, 5.41) is 15.9. The van der Waals surface area contributed by atoms with E-state index < -0.39 is 12.3 Å². The second-order valence-corrected chi connectivity index (χ2v) is 2.39. The molecule has 5 nitrogen and oxygen atoms in total. The number of carboxylic acid groups (broad SMARTS) is 1.